The van der Waals surface area contributed by atoms with E-state index in [2.05, 4.69) is 5.32 Å². The third-order valence-corrected chi connectivity index (χ3v) is 3.99. The van der Waals surface area contributed by atoms with Crippen molar-refractivity contribution >= 4 is 40.5 Å². The van der Waals surface area contributed by atoms with Crippen LogP contribution in [0.4, 0.5) is 5.69 Å². The van der Waals surface area contributed by atoms with Crippen LogP contribution in [0.1, 0.15) is 9.67 Å². The Labute approximate surface area is 141 Å². The van der Waals surface area contributed by atoms with Gasteiger partial charge in [0.15, 0.2) is 18.1 Å². The van der Waals surface area contributed by atoms with E-state index < -0.39 is 18.5 Å². The number of hydrogen-bond acceptors (Lipinski definition) is 6. The van der Waals surface area contributed by atoms with Gasteiger partial charge in [-0.15, -0.1) is 11.3 Å². The summed E-state index contributed by atoms with van der Waals surface area (Å²) in [4.78, 5) is 23.9. The summed E-state index contributed by atoms with van der Waals surface area (Å²) in [6.45, 7) is -0.400. The molecule has 0 fully saturated rings. The Morgan fingerprint density at radius 2 is 1.87 bits per heavy atom. The maximum atomic E-state index is 11.8. The zero-order valence-corrected chi connectivity index (χ0v) is 14.0. The van der Waals surface area contributed by atoms with Gasteiger partial charge in [-0.2, -0.15) is 0 Å². The lowest BCUT2D eigenvalue weighted by molar-refractivity contribution is -0.119. The van der Waals surface area contributed by atoms with Crippen molar-refractivity contribution in [3.05, 3.63) is 39.5 Å². The van der Waals surface area contributed by atoms with Gasteiger partial charge >= 0.3 is 5.97 Å². The van der Waals surface area contributed by atoms with E-state index in [1.807, 2.05) is 0 Å². The fourth-order valence-corrected chi connectivity index (χ4v) is 2.67. The molecule has 2 rings (SSSR count). The molecule has 1 amide bonds. The Hall–Kier alpha value is -2.25. The summed E-state index contributed by atoms with van der Waals surface area (Å²) in [5, 5.41) is 2.61. The number of amides is 1. The molecule has 2 aromatic rings. The van der Waals surface area contributed by atoms with Crippen LogP contribution in [0, 0.1) is 0 Å². The minimum absolute atomic E-state index is 0.342. The summed E-state index contributed by atoms with van der Waals surface area (Å²) in [6, 6.07) is 8.06. The average Bonchev–Trinajstić information content (AvgIpc) is 2.99. The van der Waals surface area contributed by atoms with Crippen LogP contribution in [-0.4, -0.2) is 32.7 Å². The highest BCUT2D eigenvalue weighted by Gasteiger charge is 2.13. The molecule has 0 aliphatic carbocycles. The quantitative estimate of drug-likeness (QED) is 0.805. The highest BCUT2D eigenvalue weighted by Crippen LogP contribution is 2.29. The molecule has 0 saturated carbocycles. The number of carbonyl (C=O) groups is 2. The minimum atomic E-state index is -0.593. The number of hydrogen-bond donors (Lipinski definition) is 1. The predicted octanol–water partition coefficient (Wildman–Crippen LogP) is 3.21. The normalized spacial score (nSPS) is 10.0. The standard InChI is InChI=1S/C15H14ClNO5S/c1-20-10-4-3-9(7-11(10)21-2)17-14(18)8-22-15(19)12-5-6-13(16)23-12/h3-7H,8H2,1-2H3,(H,17,18). The fraction of sp³-hybridized carbons (Fsp3) is 0.200. The molecule has 0 spiro atoms. The first kappa shape index (κ1) is 17.1. The molecular formula is C15H14ClNO5S. The molecule has 0 aliphatic heterocycles. The number of thiophene rings is 1. The molecule has 122 valence electrons. The topological polar surface area (TPSA) is 73.9 Å². The Bertz CT molecular complexity index is 716. The smallest absolute Gasteiger partial charge is 0.348 e. The van der Waals surface area contributed by atoms with E-state index >= 15 is 0 Å². The zero-order chi connectivity index (χ0) is 16.8. The van der Waals surface area contributed by atoms with Gasteiger partial charge < -0.3 is 19.5 Å². The third-order valence-electron chi connectivity index (χ3n) is 2.78. The second kappa shape index (κ2) is 7.85. The third kappa shape index (κ3) is 4.61. The molecule has 0 radical (unpaired) electrons. The van der Waals surface area contributed by atoms with Gasteiger partial charge in [0.25, 0.3) is 5.91 Å². The lowest BCUT2D eigenvalue weighted by atomic mass is 10.2. The maximum Gasteiger partial charge on any atom is 0.348 e. The highest BCUT2D eigenvalue weighted by molar-refractivity contribution is 7.17. The molecule has 1 N–H and O–H groups in total. The first-order chi connectivity index (χ1) is 11.0. The average molecular weight is 356 g/mol. The van der Waals surface area contributed by atoms with Gasteiger partial charge in [0.2, 0.25) is 0 Å². The van der Waals surface area contributed by atoms with E-state index in [1.165, 1.54) is 14.2 Å². The van der Waals surface area contributed by atoms with Crippen molar-refractivity contribution in [3.8, 4) is 11.5 Å². The summed E-state index contributed by atoms with van der Waals surface area (Å²) in [5.74, 6) is -0.0281. The molecule has 0 aliphatic rings. The number of nitrogens with one attached hydrogen (secondary N) is 1. The van der Waals surface area contributed by atoms with E-state index in [9.17, 15) is 9.59 Å². The number of methoxy groups -OCH3 is 2. The molecule has 0 unspecified atom stereocenters. The van der Waals surface area contributed by atoms with Crippen molar-refractivity contribution in [1.29, 1.82) is 0 Å². The number of halogens is 1. The molecule has 0 bridgehead atoms. The number of anilines is 1. The molecule has 1 heterocycles. The Morgan fingerprint density at radius 1 is 1.13 bits per heavy atom. The first-order valence-corrected chi connectivity index (χ1v) is 7.67. The Balaban J connectivity index is 1.91. The predicted molar refractivity (Wildman–Crippen MR) is 87.8 cm³/mol. The summed E-state index contributed by atoms with van der Waals surface area (Å²) in [7, 11) is 3.02. The van der Waals surface area contributed by atoms with Crippen LogP contribution in [-0.2, 0) is 9.53 Å². The van der Waals surface area contributed by atoms with Gasteiger partial charge in [-0.05, 0) is 24.3 Å². The lowest BCUT2D eigenvalue weighted by Crippen LogP contribution is -2.20. The van der Waals surface area contributed by atoms with Crippen LogP contribution in [0.2, 0.25) is 4.34 Å². The van der Waals surface area contributed by atoms with Crippen molar-refractivity contribution in [2.24, 2.45) is 0 Å². The van der Waals surface area contributed by atoms with Crippen molar-refractivity contribution in [1.82, 2.24) is 0 Å². The fourth-order valence-electron chi connectivity index (χ4n) is 1.74. The summed E-state index contributed by atoms with van der Waals surface area (Å²) in [6.07, 6.45) is 0. The van der Waals surface area contributed by atoms with E-state index in [4.69, 9.17) is 25.8 Å². The van der Waals surface area contributed by atoms with Crippen LogP contribution in [0.5, 0.6) is 11.5 Å². The molecule has 6 nitrogen and oxygen atoms in total. The molecule has 0 atom stereocenters. The summed E-state index contributed by atoms with van der Waals surface area (Å²) >= 11 is 6.83. The Morgan fingerprint density at radius 3 is 2.48 bits per heavy atom. The van der Waals surface area contributed by atoms with Crippen molar-refractivity contribution in [3.63, 3.8) is 0 Å². The Kier molecular flexibility index (Phi) is 5.84. The minimum Gasteiger partial charge on any atom is -0.493 e. The number of ether oxygens (including phenoxy) is 3. The maximum absolute atomic E-state index is 11.8. The second-order valence-electron chi connectivity index (χ2n) is 4.30. The van der Waals surface area contributed by atoms with E-state index in [1.54, 1.807) is 30.3 Å². The van der Waals surface area contributed by atoms with E-state index in [-0.39, 0.29) is 0 Å². The van der Waals surface area contributed by atoms with Gasteiger partial charge in [-0.3, -0.25) is 4.79 Å². The van der Waals surface area contributed by atoms with Gasteiger partial charge in [-0.1, -0.05) is 11.6 Å². The molecule has 1 aromatic carbocycles. The second-order valence-corrected chi connectivity index (χ2v) is 6.01. The number of benzene rings is 1. The number of esters is 1. The SMILES string of the molecule is COc1ccc(NC(=O)COC(=O)c2ccc(Cl)s2)cc1OC. The van der Waals surface area contributed by atoms with Gasteiger partial charge in [0.1, 0.15) is 4.88 Å². The van der Waals surface area contributed by atoms with Crippen molar-refractivity contribution < 1.29 is 23.8 Å². The number of rotatable bonds is 6. The van der Waals surface area contributed by atoms with Crippen LogP contribution in [0.25, 0.3) is 0 Å². The van der Waals surface area contributed by atoms with Crippen LogP contribution in [0.3, 0.4) is 0 Å². The first-order valence-electron chi connectivity index (χ1n) is 6.48. The van der Waals surface area contributed by atoms with Crippen LogP contribution >= 0.6 is 22.9 Å². The van der Waals surface area contributed by atoms with Crippen molar-refractivity contribution in [2.45, 2.75) is 0 Å². The lowest BCUT2D eigenvalue weighted by Gasteiger charge is -2.10. The van der Waals surface area contributed by atoms with E-state index in [0.717, 1.165) is 11.3 Å². The monoisotopic (exact) mass is 355 g/mol. The largest absolute Gasteiger partial charge is 0.493 e. The zero-order valence-electron chi connectivity index (χ0n) is 12.4. The molecule has 0 saturated heterocycles. The van der Waals surface area contributed by atoms with Gasteiger partial charge in [0.05, 0.1) is 18.6 Å². The molecular weight excluding hydrogens is 342 g/mol. The van der Waals surface area contributed by atoms with Crippen LogP contribution in [0.15, 0.2) is 30.3 Å². The highest BCUT2D eigenvalue weighted by atomic mass is 35.5. The van der Waals surface area contributed by atoms with Gasteiger partial charge in [-0.25, -0.2) is 4.79 Å². The van der Waals surface area contributed by atoms with E-state index in [0.29, 0.717) is 26.4 Å². The molecule has 1 aromatic heterocycles. The van der Waals surface area contributed by atoms with Crippen molar-refractivity contribution in [2.75, 3.05) is 26.1 Å². The van der Waals surface area contributed by atoms with Gasteiger partial charge in [0, 0.05) is 11.8 Å². The van der Waals surface area contributed by atoms with Crippen LogP contribution < -0.4 is 14.8 Å². The summed E-state index contributed by atoms with van der Waals surface area (Å²) < 4.78 is 15.7. The summed E-state index contributed by atoms with van der Waals surface area (Å²) in [5.41, 5.74) is 0.503. The number of carbonyl (C=O) groups excluding carboxylic acids is 2. The molecule has 8 heteroatoms. The molecule has 23 heavy (non-hydrogen) atoms.